The van der Waals surface area contributed by atoms with Crippen LogP contribution in [0, 0.1) is 0 Å². The average molecular weight is 258 g/mol. The second kappa shape index (κ2) is 4.30. The maximum Gasteiger partial charge on any atom is 0.197 e. The number of benzene rings is 1. The Morgan fingerprint density at radius 3 is 2.78 bits per heavy atom. The number of thioether (sulfide) groups is 1. The minimum Gasteiger partial charge on any atom is -0.507 e. The van der Waals surface area contributed by atoms with Gasteiger partial charge in [-0.15, -0.1) is 11.8 Å². The standard InChI is InChI=1S/C12H10N4OS/c1-18-7-2-3-8(9(17)6-7)10-15-11-12(16-10)14-5-4-13-11/h2-6,17H,1H3,(H,13,14,15,16). The number of nitrogens with one attached hydrogen (secondary N) is 1. The van der Waals surface area contributed by atoms with E-state index in [0.29, 0.717) is 22.7 Å². The lowest BCUT2D eigenvalue weighted by molar-refractivity contribution is 0.475. The van der Waals surface area contributed by atoms with Crippen molar-refractivity contribution in [2.24, 2.45) is 0 Å². The Morgan fingerprint density at radius 1 is 1.22 bits per heavy atom. The van der Waals surface area contributed by atoms with E-state index in [2.05, 4.69) is 19.9 Å². The molecule has 0 aliphatic heterocycles. The molecule has 0 aliphatic carbocycles. The lowest BCUT2D eigenvalue weighted by Gasteiger charge is -2.02. The molecular formula is C12H10N4OS. The summed E-state index contributed by atoms with van der Waals surface area (Å²) in [5.41, 5.74) is 1.80. The van der Waals surface area contributed by atoms with Crippen molar-refractivity contribution in [3.63, 3.8) is 0 Å². The van der Waals surface area contributed by atoms with Gasteiger partial charge in [0.15, 0.2) is 11.3 Å². The molecular weight excluding hydrogens is 248 g/mol. The third-order valence-corrected chi connectivity index (χ3v) is 3.32. The van der Waals surface area contributed by atoms with Crippen molar-refractivity contribution < 1.29 is 5.11 Å². The van der Waals surface area contributed by atoms with Crippen LogP contribution in [0.4, 0.5) is 0 Å². The third-order valence-electron chi connectivity index (χ3n) is 2.59. The van der Waals surface area contributed by atoms with Gasteiger partial charge in [0, 0.05) is 17.3 Å². The Morgan fingerprint density at radius 2 is 2.06 bits per heavy atom. The van der Waals surface area contributed by atoms with Crippen molar-refractivity contribution in [3.8, 4) is 17.1 Å². The van der Waals surface area contributed by atoms with E-state index in [1.54, 1.807) is 30.2 Å². The van der Waals surface area contributed by atoms with E-state index in [9.17, 15) is 5.11 Å². The van der Waals surface area contributed by atoms with E-state index < -0.39 is 0 Å². The van der Waals surface area contributed by atoms with Crippen molar-refractivity contribution in [2.75, 3.05) is 6.26 Å². The molecule has 0 amide bonds. The normalized spacial score (nSPS) is 10.9. The van der Waals surface area contributed by atoms with E-state index in [1.807, 2.05) is 18.4 Å². The van der Waals surface area contributed by atoms with Crippen molar-refractivity contribution >= 4 is 23.1 Å². The van der Waals surface area contributed by atoms with Crippen molar-refractivity contribution in [1.82, 2.24) is 19.9 Å². The van der Waals surface area contributed by atoms with Gasteiger partial charge in [0.1, 0.15) is 11.6 Å². The summed E-state index contributed by atoms with van der Waals surface area (Å²) < 4.78 is 0. The van der Waals surface area contributed by atoms with Gasteiger partial charge in [0.25, 0.3) is 0 Å². The smallest absolute Gasteiger partial charge is 0.197 e. The lowest BCUT2D eigenvalue weighted by Crippen LogP contribution is -1.82. The molecule has 0 spiro atoms. The van der Waals surface area contributed by atoms with Gasteiger partial charge < -0.3 is 10.1 Å². The topological polar surface area (TPSA) is 74.7 Å². The Balaban J connectivity index is 2.14. The van der Waals surface area contributed by atoms with Gasteiger partial charge in [-0.3, -0.25) is 0 Å². The molecule has 1 aromatic carbocycles. The number of imidazole rings is 1. The molecule has 0 unspecified atom stereocenters. The van der Waals surface area contributed by atoms with Crippen LogP contribution in [0.3, 0.4) is 0 Å². The zero-order valence-corrected chi connectivity index (χ0v) is 10.4. The lowest BCUT2D eigenvalue weighted by atomic mass is 10.2. The summed E-state index contributed by atoms with van der Waals surface area (Å²) in [6, 6.07) is 5.49. The minimum absolute atomic E-state index is 0.195. The Labute approximate surface area is 107 Å². The van der Waals surface area contributed by atoms with Gasteiger partial charge in [-0.2, -0.15) is 0 Å². The quantitative estimate of drug-likeness (QED) is 0.690. The van der Waals surface area contributed by atoms with Crippen LogP contribution in [-0.4, -0.2) is 31.3 Å². The molecule has 0 atom stereocenters. The molecule has 0 bridgehead atoms. The van der Waals surface area contributed by atoms with E-state index in [-0.39, 0.29) is 5.75 Å². The zero-order chi connectivity index (χ0) is 12.5. The monoisotopic (exact) mass is 258 g/mol. The fourth-order valence-electron chi connectivity index (χ4n) is 1.71. The van der Waals surface area contributed by atoms with E-state index in [1.165, 1.54) is 0 Å². The molecule has 2 N–H and O–H groups in total. The first-order valence-electron chi connectivity index (χ1n) is 5.32. The fourth-order valence-corrected chi connectivity index (χ4v) is 2.15. The largest absolute Gasteiger partial charge is 0.507 e. The molecule has 0 radical (unpaired) electrons. The molecule has 6 heteroatoms. The number of phenolic OH excluding ortho intramolecular Hbond substituents is 1. The summed E-state index contributed by atoms with van der Waals surface area (Å²) in [4.78, 5) is 16.6. The van der Waals surface area contributed by atoms with Crippen LogP contribution in [0.5, 0.6) is 5.75 Å². The van der Waals surface area contributed by atoms with Crippen LogP contribution < -0.4 is 0 Å². The van der Waals surface area contributed by atoms with Gasteiger partial charge >= 0.3 is 0 Å². The molecule has 3 rings (SSSR count). The van der Waals surface area contributed by atoms with E-state index in [4.69, 9.17) is 0 Å². The Hall–Kier alpha value is -2.08. The fraction of sp³-hybridized carbons (Fsp3) is 0.0833. The van der Waals surface area contributed by atoms with Gasteiger partial charge in [-0.05, 0) is 24.5 Å². The molecule has 5 nitrogen and oxygen atoms in total. The number of H-pyrrole nitrogens is 1. The number of fused-ring (bicyclic) bond motifs is 1. The summed E-state index contributed by atoms with van der Waals surface area (Å²) in [5.74, 6) is 0.766. The SMILES string of the molecule is CSc1ccc(-c2nc3nccnc3[nH]2)c(O)c1. The maximum atomic E-state index is 9.99. The highest BCUT2D eigenvalue weighted by Gasteiger charge is 2.10. The molecule has 90 valence electrons. The van der Waals surface area contributed by atoms with Gasteiger partial charge in [-0.25, -0.2) is 15.0 Å². The zero-order valence-electron chi connectivity index (χ0n) is 9.58. The van der Waals surface area contributed by atoms with Crippen LogP contribution in [0.25, 0.3) is 22.7 Å². The highest BCUT2D eigenvalue weighted by Crippen LogP contribution is 2.31. The molecule has 2 aromatic heterocycles. The van der Waals surface area contributed by atoms with Crippen LogP contribution >= 0.6 is 11.8 Å². The summed E-state index contributed by atoms with van der Waals surface area (Å²) in [6.45, 7) is 0. The number of hydrogen-bond acceptors (Lipinski definition) is 5. The first kappa shape index (κ1) is 11.0. The minimum atomic E-state index is 0.195. The van der Waals surface area contributed by atoms with Crippen molar-refractivity contribution in [1.29, 1.82) is 0 Å². The van der Waals surface area contributed by atoms with Crippen molar-refractivity contribution in [3.05, 3.63) is 30.6 Å². The predicted octanol–water partition coefficient (Wildman–Crippen LogP) is 2.45. The highest BCUT2D eigenvalue weighted by molar-refractivity contribution is 7.98. The molecule has 3 aromatic rings. The van der Waals surface area contributed by atoms with Crippen molar-refractivity contribution in [2.45, 2.75) is 4.90 Å². The van der Waals surface area contributed by atoms with E-state index >= 15 is 0 Å². The number of aromatic hydroxyl groups is 1. The first-order valence-corrected chi connectivity index (χ1v) is 6.54. The molecule has 18 heavy (non-hydrogen) atoms. The Bertz CT molecular complexity index is 677. The second-order valence-electron chi connectivity index (χ2n) is 3.70. The van der Waals surface area contributed by atoms with Crippen LogP contribution in [0.2, 0.25) is 0 Å². The van der Waals surface area contributed by atoms with Crippen LogP contribution in [0.15, 0.2) is 35.5 Å². The average Bonchev–Trinajstić information content (AvgIpc) is 2.81. The van der Waals surface area contributed by atoms with Crippen LogP contribution in [0.1, 0.15) is 0 Å². The summed E-state index contributed by atoms with van der Waals surface area (Å²) in [5, 5.41) is 9.99. The highest BCUT2D eigenvalue weighted by atomic mass is 32.2. The number of aromatic amines is 1. The van der Waals surface area contributed by atoms with Crippen LogP contribution in [-0.2, 0) is 0 Å². The number of nitrogens with zero attached hydrogens (tertiary/aromatic N) is 3. The third kappa shape index (κ3) is 1.80. The Kier molecular flexibility index (Phi) is 2.64. The summed E-state index contributed by atoms with van der Waals surface area (Å²) >= 11 is 1.58. The summed E-state index contributed by atoms with van der Waals surface area (Å²) in [7, 11) is 0. The number of aromatic nitrogens is 4. The molecule has 0 saturated heterocycles. The molecule has 0 saturated carbocycles. The second-order valence-corrected chi connectivity index (χ2v) is 4.58. The van der Waals surface area contributed by atoms with Gasteiger partial charge in [-0.1, -0.05) is 0 Å². The molecule has 2 heterocycles. The number of phenols is 1. The van der Waals surface area contributed by atoms with E-state index in [0.717, 1.165) is 4.90 Å². The van der Waals surface area contributed by atoms with Gasteiger partial charge in [0.2, 0.25) is 0 Å². The first-order chi connectivity index (χ1) is 8.78. The predicted molar refractivity (Wildman–Crippen MR) is 70.6 cm³/mol. The molecule has 0 aliphatic rings. The maximum absolute atomic E-state index is 9.99. The number of hydrogen-bond donors (Lipinski definition) is 2. The molecule has 0 fully saturated rings. The van der Waals surface area contributed by atoms with Gasteiger partial charge in [0.05, 0.1) is 5.56 Å². The summed E-state index contributed by atoms with van der Waals surface area (Å²) in [6.07, 6.45) is 5.15. The number of rotatable bonds is 2.